The summed E-state index contributed by atoms with van der Waals surface area (Å²) < 4.78 is 10.0. The Bertz CT molecular complexity index is 687. The third-order valence-corrected chi connectivity index (χ3v) is 4.22. The summed E-state index contributed by atoms with van der Waals surface area (Å²) in [4.78, 5) is 16.2. The van der Waals surface area contributed by atoms with Crippen LogP contribution in [0.25, 0.3) is 10.9 Å². The van der Waals surface area contributed by atoms with Crippen LogP contribution in [0.3, 0.4) is 0 Å². The van der Waals surface area contributed by atoms with Gasteiger partial charge in [0, 0.05) is 11.4 Å². The van der Waals surface area contributed by atoms with Gasteiger partial charge in [-0.05, 0) is 49.6 Å². The predicted molar refractivity (Wildman–Crippen MR) is 85.1 cm³/mol. The molecule has 3 rings (SSSR count). The zero-order chi connectivity index (χ0) is 15.5. The highest BCUT2D eigenvalue weighted by Gasteiger charge is 2.30. The number of nitrogens with zero attached hydrogens (tertiary/aromatic N) is 1. The van der Waals surface area contributed by atoms with Crippen LogP contribution in [0, 0.1) is 5.92 Å². The Morgan fingerprint density at radius 3 is 2.86 bits per heavy atom. The van der Waals surface area contributed by atoms with Crippen molar-refractivity contribution in [3.8, 4) is 5.75 Å². The smallest absolute Gasteiger partial charge is 0.308 e. The van der Waals surface area contributed by atoms with Crippen LogP contribution >= 0.6 is 0 Å². The van der Waals surface area contributed by atoms with Gasteiger partial charge in [-0.2, -0.15) is 0 Å². The lowest BCUT2D eigenvalue weighted by atomic mass is 10.1. The van der Waals surface area contributed by atoms with Gasteiger partial charge in [-0.3, -0.25) is 4.79 Å². The van der Waals surface area contributed by atoms with E-state index in [0.717, 1.165) is 41.7 Å². The Balaban J connectivity index is 1.71. The quantitative estimate of drug-likeness (QED) is 0.880. The van der Waals surface area contributed by atoms with E-state index in [1.807, 2.05) is 30.3 Å². The van der Waals surface area contributed by atoms with Gasteiger partial charge in [0.1, 0.15) is 11.6 Å². The minimum atomic E-state index is -0.108. The molecule has 0 saturated heterocycles. The molecule has 22 heavy (non-hydrogen) atoms. The SMILES string of the molecule is COC(=O)[C@H]1CC[C@@H](Nc2ccc3cc(OC)ccc3n2)C1. The molecule has 1 aliphatic carbocycles. The van der Waals surface area contributed by atoms with Crippen molar-refractivity contribution in [2.75, 3.05) is 19.5 Å². The molecule has 0 amide bonds. The summed E-state index contributed by atoms with van der Waals surface area (Å²) in [6.45, 7) is 0. The Morgan fingerprint density at radius 1 is 1.23 bits per heavy atom. The van der Waals surface area contributed by atoms with Crippen molar-refractivity contribution in [2.45, 2.75) is 25.3 Å². The van der Waals surface area contributed by atoms with Gasteiger partial charge in [-0.15, -0.1) is 0 Å². The zero-order valence-corrected chi connectivity index (χ0v) is 12.8. The van der Waals surface area contributed by atoms with Crippen molar-refractivity contribution >= 4 is 22.7 Å². The normalized spacial score (nSPS) is 20.8. The van der Waals surface area contributed by atoms with Crippen LogP contribution in [0.5, 0.6) is 5.75 Å². The molecule has 1 fully saturated rings. The van der Waals surface area contributed by atoms with E-state index in [9.17, 15) is 4.79 Å². The van der Waals surface area contributed by atoms with Gasteiger partial charge in [0.25, 0.3) is 0 Å². The maximum absolute atomic E-state index is 11.6. The monoisotopic (exact) mass is 300 g/mol. The van der Waals surface area contributed by atoms with Crippen LogP contribution in [0.1, 0.15) is 19.3 Å². The number of ether oxygens (including phenoxy) is 2. The molecule has 0 aliphatic heterocycles. The molecule has 2 atom stereocenters. The van der Waals surface area contributed by atoms with Crippen molar-refractivity contribution in [3.63, 3.8) is 0 Å². The third-order valence-electron chi connectivity index (χ3n) is 4.22. The number of pyridine rings is 1. The van der Waals surface area contributed by atoms with E-state index in [0.29, 0.717) is 0 Å². The highest BCUT2D eigenvalue weighted by atomic mass is 16.5. The molecule has 0 spiro atoms. The maximum atomic E-state index is 11.6. The summed E-state index contributed by atoms with van der Waals surface area (Å²) in [5, 5.41) is 4.47. The second-order valence-electron chi connectivity index (χ2n) is 5.63. The van der Waals surface area contributed by atoms with Crippen LogP contribution in [-0.4, -0.2) is 31.2 Å². The number of fused-ring (bicyclic) bond motifs is 1. The highest BCUT2D eigenvalue weighted by molar-refractivity contribution is 5.81. The first-order chi connectivity index (χ1) is 10.7. The lowest BCUT2D eigenvalue weighted by Crippen LogP contribution is -2.19. The molecule has 5 nitrogen and oxygen atoms in total. The molecule has 0 unspecified atom stereocenters. The second kappa shape index (κ2) is 6.22. The number of nitrogens with one attached hydrogen (secondary N) is 1. The Hall–Kier alpha value is -2.30. The fourth-order valence-corrected chi connectivity index (χ4v) is 3.01. The minimum Gasteiger partial charge on any atom is -0.497 e. The lowest BCUT2D eigenvalue weighted by Gasteiger charge is -2.14. The molecule has 1 heterocycles. The first-order valence-corrected chi connectivity index (χ1v) is 7.49. The second-order valence-corrected chi connectivity index (χ2v) is 5.63. The van der Waals surface area contributed by atoms with E-state index >= 15 is 0 Å². The maximum Gasteiger partial charge on any atom is 0.308 e. The van der Waals surface area contributed by atoms with E-state index in [2.05, 4.69) is 10.3 Å². The van der Waals surface area contributed by atoms with Crippen LogP contribution in [0.2, 0.25) is 0 Å². The van der Waals surface area contributed by atoms with Gasteiger partial charge in [0.2, 0.25) is 0 Å². The summed E-state index contributed by atoms with van der Waals surface area (Å²) in [5.41, 5.74) is 0.924. The summed E-state index contributed by atoms with van der Waals surface area (Å²) in [6, 6.07) is 10.1. The van der Waals surface area contributed by atoms with E-state index in [4.69, 9.17) is 9.47 Å². The van der Waals surface area contributed by atoms with Gasteiger partial charge < -0.3 is 14.8 Å². The first kappa shape index (κ1) is 14.6. The summed E-state index contributed by atoms with van der Waals surface area (Å²) in [6.07, 6.45) is 2.63. The van der Waals surface area contributed by atoms with Crippen molar-refractivity contribution in [1.82, 2.24) is 4.98 Å². The fourth-order valence-electron chi connectivity index (χ4n) is 3.01. The highest BCUT2D eigenvalue weighted by Crippen LogP contribution is 2.29. The number of benzene rings is 1. The third kappa shape index (κ3) is 2.98. The van der Waals surface area contributed by atoms with Gasteiger partial charge in [-0.25, -0.2) is 4.98 Å². The van der Waals surface area contributed by atoms with Crippen molar-refractivity contribution in [1.29, 1.82) is 0 Å². The average molecular weight is 300 g/mol. The summed E-state index contributed by atoms with van der Waals surface area (Å²) in [5.74, 6) is 1.56. The van der Waals surface area contributed by atoms with E-state index in [1.165, 1.54) is 7.11 Å². The van der Waals surface area contributed by atoms with Crippen molar-refractivity contribution in [3.05, 3.63) is 30.3 Å². The van der Waals surface area contributed by atoms with Gasteiger partial charge in [0.05, 0.1) is 25.7 Å². The molecule has 116 valence electrons. The fraction of sp³-hybridized carbons (Fsp3) is 0.412. The standard InChI is InChI=1S/C17H20N2O3/c1-21-14-6-7-15-11(10-14)4-8-16(19-15)18-13-5-3-12(9-13)17(20)22-2/h4,6-8,10,12-13H,3,5,9H2,1-2H3,(H,18,19)/t12-,13+/m0/s1. The largest absolute Gasteiger partial charge is 0.497 e. The van der Waals surface area contributed by atoms with Crippen molar-refractivity contribution in [2.24, 2.45) is 5.92 Å². The summed E-state index contributed by atoms with van der Waals surface area (Å²) in [7, 11) is 3.10. The minimum absolute atomic E-state index is 0.00668. The van der Waals surface area contributed by atoms with E-state index in [1.54, 1.807) is 7.11 Å². The predicted octanol–water partition coefficient (Wildman–Crippen LogP) is 3.00. The van der Waals surface area contributed by atoms with Crippen LogP contribution in [-0.2, 0) is 9.53 Å². The molecule has 2 aromatic rings. The number of anilines is 1. The van der Waals surface area contributed by atoms with Gasteiger partial charge >= 0.3 is 5.97 Å². The van der Waals surface area contributed by atoms with Crippen molar-refractivity contribution < 1.29 is 14.3 Å². The Labute approximate surface area is 129 Å². The molecular formula is C17H20N2O3. The molecule has 0 radical (unpaired) electrons. The van der Waals surface area contributed by atoms with Crippen LogP contribution < -0.4 is 10.1 Å². The number of methoxy groups -OCH3 is 2. The van der Waals surface area contributed by atoms with E-state index < -0.39 is 0 Å². The van der Waals surface area contributed by atoms with Gasteiger partial charge in [-0.1, -0.05) is 0 Å². The molecule has 1 aromatic carbocycles. The number of carbonyl (C=O) groups is 1. The molecule has 5 heteroatoms. The number of hydrogen-bond donors (Lipinski definition) is 1. The number of rotatable bonds is 4. The van der Waals surface area contributed by atoms with E-state index in [-0.39, 0.29) is 17.9 Å². The molecule has 1 saturated carbocycles. The Kier molecular flexibility index (Phi) is 4.13. The topological polar surface area (TPSA) is 60.5 Å². The molecule has 0 bridgehead atoms. The number of carbonyl (C=O) groups excluding carboxylic acids is 1. The number of hydrogen-bond acceptors (Lipinski definition) is 5. The first-order valence-electron chi connectivity index (χ1n) is 7.49. The van der Waals surface area contributed by atoms with Crippen LogP contribution in [0.4, 0.5) is 5.82 Å². The molecule has 1 N–H and O–H groups in total. The summed E-state index contributed by atoms with van der Waals surface area (Å²) >= 11 is 0. The molecule has 1 aromatic heterocycles. The lowest BCUT2D eigenvalue weighted by molar-refractivity contribution is -0.145. The van der Waals surface area contributed by atoms with Crippen LogP contribution in [0.15, 0.2) is 30.3 Å². The molecular weight excluding hydrogens is 280 g/mol. The number of esters is 1. The zero-order valence-electron chi connectivity index (χ0n) is 12.8. The number of aromatic nitrogens is 1. The molecule has 1 aliphatic rings. The van der Waals surface area contributed by atoms with Gasteiger partial charge in [0.15, 0.2) is 0 Å². The Morgan fingerprint density at radius 2 is 2.09 bits per heavy atom. The average Bonchev–Trinajstić information content (AvgIpc) is 3.02.